The molecule has 1 aromatic carbocycles. The van der Waals surface area contributed by atoms with Gasteiger partial charge in [-0.05, 0) is 36.9 Å². The lowest BCUT2D eigenvalue weighted by molar-refractivity contribution is 0.184. The first-order valence-electron chi connectivity index (χ1n) is 6.57. The van der Waals surface area contributed by atoms with Gasteiger partial charge in [-0.2, -0.15) is 0 Å². The summed E-state index contributed by atoms with van der Waals surface area (Å²) in [5.74, 6) is -0.143. The maximum absolute atomic E-state index is 13.9. The van der Waals surface area contributed by atoms with Gasteiger partial charge in [0.15, 0.2) is 0 Å². The van der Waals surface area contributed by atoms with E-state index in [2.05, 4.69) is 0 Å². The third kappa shape index (κ3) is 3.23. The summed E-state index contributed by atoms with van der Waals surface area (Å²) in [4.78, 5) is 1.96. The molecule has 0 spiro atoms. The Hall–Kier alpha value is -1.72. The number of furan rings is 1. The quantitative estimate of drug-likeness (QED) is 0.884. The molecule has 20 heavy (non-hydrogen) atoms. The molecular formula is C15H18F2N2O. The maximum Gasteiger partial charge on any atom is 0.128 e. The number of rotatable bonds is 6. The van der Waals surface area contributed by atoms with Gasteiger partial charge in [-0.3, -0.25) is 4.90 Å². The minimum atomic E-state index is -0.464. The Morgan fingerprint density at radius 1 is 1.30 bits per heavy atom. The average Bonchev–Trinajstić information content (AvgIpc) is 2.95. The molecule has 0 saturated heterocycles. The number of likely N-dealkylation sites (N-methyl/N-ethyl adjacent to an activating group) is 1. The van der Waals surface area contributed by atoms with Gasteiger partial charge >= 0.3 is 0 Å². The first-order valence-corrected chi connectivity index (χ1v) is 6.57. The summed E-state index contributed by atoms with van der Waals surface area (Å²) in [5, 5.41) is 0. The summed E-state index contributed by atoms with van der Waals surface area (Å²) in [7, 11) is 0. The number of nitrogens with zero attached hydrogens (tertiary/aromatic N) is 1. The summed E-state index contributed by atoms with van der Waals surface area (Å²) in [6, 6.07) is 6.70. The van der Waals surface area contributed by atoms with Crippen molar-refractivity contribution >= 4 is 0 Å². The molecule has 2 aromatic rings. The van der Waals surface area contributed by atoms with Crippen molar-refractivity contribution < 1.29 is 13.2 Å². The van der Waals surface area contributed by atoms with Crippen LogP contribution in [0, 0.1) is 11.6 Å². The number of hydrogen-bond donors (Lipinski definition) is 1. The molecule has 108 valence electrons. The summed E-state index contributed by atoms with van der Waals surface area (Å²) < 4.78 is 32.6. The molecule has 0 bridgehead atoms. The van der Waals surface area contributed by atoms with Crippen molar-refractivity contribution in [1.82, 2.24) is 4.90 Å². The highest BCUT2D eigenvalue weighted by Crippen LogP contribution is 2.25. The van der Waals surface area contributed by atoms with Gasteiger partial charge in [0, 0.05) is 12.1 Å². The minimum absolute atomic E-state index is 0.203. The van der Waals surface area contributed by atoms with E-state index in [1.165, 1.54) is 6.07 Å². The molecule has 5 heteroatoms. The highest BCUT2D eigenvalue weighted by Gasteiger charge is 2.22. The highest BCUT2D eigenvalue weighted by molar-refractivity contribution is 5.23. The maximum atomic E-state index is 13.9. The van der Waals surface area contributed by atoms with Crippen molar-refractivity contribution in [3.05, 3.63) is 59.6 Å². The Kier molecular flexibility index (Phi) is 4.87. The Morgan fingerprint density at radius 3 is 2.70 bits per heavy atom. The number of nitrogens with two attached hydrogens (primary N) is 1. The molecule has 0 aliphatic carbocycles. The van der Waals surface area contributed by atoms with E-state index >= 15 is 0 Å². The standard InChI is InChI=1S/C15H18F2N2O/c1-2-19(10-12-4-3-7-20-12)15(9-18)13-8-11(16)5-6-14(13)17/h3-8,15H,2,9-10,18H2,1H3. The molecule has 1 atom stereocenters. The Bertz CT molecular complexity index is 543. The second-order valence-electron chi connectivity index (χ2n) is 4.56. The zero-order valence-corrected chi connectivity index (χ0v) is 11.4. The lowest BCUT2D eigenvalue weighted by Crippen LogP contribution is -2.33. The lowest BCUT2D eigenvalue weighted by atomic mass is 10.0. The van der Waals surface area contributed by atoms with Crippen molar-refractivity contribution in [2.45, 2.75) is 19.5 Å². The lowest BCUT2D eigenvalue weighted by Gasteiger charge is -2.29. The Morgan fingerprint density at radius 2 is 2.10 bits per heavy atom. The Labute approximate surface area is 117 Å². The topological polar surface area (TPSA) is 42.4 Å². The van der Waals surface area contributed by atoms with Crippen LogP contribution in [0.2, 0.25) is 0 Å². The van der Waals surface area contributed by atoms with Gasteiger partial charge in [0.1, 0.15) is 17.4 Å². The molecule has 0 saturated carbocycles. The molecule has 1 heterocycles. The molecular weight excluding hydrogens is 262 g/mol. The zero-order chi connectivity index (χ0) is 14.5. The fourth-order valence-electron chi connectivity index (χ4n) is 2.29. The molecule has 2 rings (SSSR count). The predicted molar refractivity (Wildman–Crippen MR) is 72.9 cm³/mol. The van der Waals surface area contributed by atoms with Gasteiger partial charge in [0.05, 0.1) is 18.8 Å². The summed E-state index contributed by atoms with van der Waals surface area (Å²) in [6.07, 6.45) is 1.59. The molecule has 2 N–H and O–H groups in total. The van der Waals surface area contributed by atoms with Crippen LogP contribution >= 0.6 is 0 Å². The number of hydrogen-bond acceptors (Lipinski definition) is 3. The van der Waals surface area contributed by atoms with Gasteiger partial charge < -0.3 is 10.2 Å². The van der Waals surface area contributed by atoms with Gasteiger partial charge in [-0.1, -0.05) is 6.92 Å². The smallest absolute Gasteiger partial charge is 0.128 e. The number of halogens is 2. The van der Waals surface area contributed by atoms with Crippen LogP contribution in [-0.2, 0) is 6.54 Å². The van der Waals surface area contributed by atoms with E-state index in [9.17, 15) is 8.78 Å². The van der Waals surface area contributed by atoms with E-state index < -0.39 is 11.6 Å². The van der Waals surface area contributed by atoms with Gasteiger partial charge in [0.2, 0.25) is 0 Å². The van der Waals surface area contributed by atoms with E-state index in [4.69, 9.17) is 10.2 Å². The second kappa shape index (κ2) is 6.63. The van der Waals surface area contributed by atoms with Crippen molar-refractivity contribution in [2.24, 2.45) is 5.73 Å². The first-order chi connectivity index (χ1) is 9.65. The fourth-order valence-corrected chi connectivity index (χ4v) is 2.29. The molecule has 0 radical (unpaired) electrons. The highest BCUT2D eigenvalue weighted by atomic mass is 19.1. The van der Waals surface area contributed by atoms with E-state index in [0.717, 1.165) is 17.9 Å². The van der Waals surface area contributed by atoms with Gasteiger partial charge in [-0.15, -0.1) is 0 Å². The fraction of sp³-hybridized carbons (Fsp3) is 0.333. The van der Waals surface area contributed by atoms with Crippen LogP contribution in [0.3, 0.4) is 0 Å². The monoisotopic (exact) mass is 280 g/mol. The normalized spacial score (nSPS) is 12.8. The predicted octanol–water partition coefficient (Wildman–Crippen LogP) is 3.08. The molecule has 0 aliphatic heterocycles. The van der Waals surface area contributed by atoms with Crippen molar-refractivity contribution in [2.75, 3.05) is 13.1 Å². The van der Waals surface area contributed by atoms with Crippen LogP contribution in [-0.4, -0.2) is 18.0 Å². The van der Waals surface area contributed by atoms with Crippen LogP contribution in [0.1, 0.15) is 24.3 Å². The average molecular weight is 280 g/mol. The molecule has 0 aliphatic rings. The molecule has 0 amide bonds. The Balaban J connectivity index is 2.26. The molecule has 1 aromatic heterocycles. The van der Waals surface area contributed by atoms with E-state index in [1.54, 1.807) is 12.3 Å². The van der Waals surface area contributed by atoms with Gasteiger partial charge in [-0.25, -0.2) is 8.78 Å². The summed E-state index contributed by atoms with van der Waals surface area (Å²) in [5.41, 5.74) is 6.05. The van der Waals surface area contributed by atoms with Crippen LogP contribution in [0.5, 0.6) is 0 Å². The third-order valence-electron chi connectivity index (χ3n) is 3.33. The molecule has 0 fully saturated rings. The number of benzene rings is 1. The van der Waals surface area contributed by atoms with Crippen LogP contribution < -0.4 is 5.73 Å². The van der Waals surface area contributed by atoms with Crippen LogP contribution in [0.15, 0.2) is 41.0 Å². The minimum Gasteiger partial charge on any atom is -0.468 e. The second-order valence-corrected chi connectivity index (χ2v) is 4.56. The SMILES string of the molecule is CCN(Cc1ccco1)C(CN)c1cc(F)ccc1F. The van der Waals surface area contributed by atoms with Gasteiger partial charge in [0.25, 0.3) is 0 Å². The summed E-state index contributed by atoms with van der Waals surface area (Å²) in [6.45, 7) is 3.30. The first kappa shape index (κ1) is 14.7. The van der Waals surface area contributed by atoms with Crippen LogP contribution in [0.25, 0.3) is 0 Å². The van der Waals surface area contributed by atoms with E-state index in [0.29, 0.717) is 13.1 Å². The largest absolute Gasteiger partial charge is 0.468 e. The van der Waals surface area contributed by atoms with E-state index in [1.807, 2.05) is 17.9 Å². The zero-order valence-electron chi connectivity index (χ0n) is 11.4. The van der Waals surface area contributed by atoms with Crippen molar-refractivity contribution in [3.63, 3.8) is 0 Å². The van der Waals surface area contributed by atoms with Crippen LogP contribution in [0.4, 0.5) is 8.78 Å². The van der Waals surface area contributed by atoms with Crippen molar-refractivity contribution in [3.8, 4) is 0 Å². The van der Waals surface area contributed by atoms with E-state index in [-0.39, 0.29) is 18.2 Å². The van der Waals surface area contributed by atoms with Crippen molar-refractivity contribution in [1.29, 1.82) is 0 Å². The molecule has 1 unspecified atom stereocenters. The summed E-state index contributed by atoms with van der Waals surface area (Å²) >= 11 is 0. The molecule has 3 nitrogen and oxygen atoms in total. The third-order valence-corrected chi connectivity index (χ3v) is 3.33.